The average Bonchev–Trinajstić information content (AvgIpc) is 2.44. The summed E-state index contributed by atoms with van der Waals surface area (Å²) in [7, 11) is 0. The summed E-state index contributed by atoms with van der Waals surface area (Å²) >= 11 is 12.3. The lowest BCUT2D eigenvalue weighted by Crippen LogP contribution is -2.18. The van der Waals surface area contributed by atoms with Crippen molar-refractivity contribution in [2.45, 2.75) is 0 Å². The van der Waals surface area contributed by atoms with Gasteiger partial charge in [0.2, 0.25) is 0 Å². The third kappa shape index (κ3) is 4.03. The van der Waals surface area contributed by atoms with E-state index < -0.39 is 5.91 Å². The van der Waals surface area contributed by atoms with Gasteiger partial charge < -0.3 is 5.11 Å². The fourth-order valence-corrected chi connectivity index (χ4v) is 2.92. The van der Waals surface area contributed by atoms with Crippen LogP contribution in [0.5, 0.6) is 5.75 Å². The fourth-order valence-electron chi connectivity index (χ4n) is 1.46. The molecule has 0 spiro atoms. The van der Waals surface area contributed by atoms with Gasteiger partial charge in [0.1, 0.15) is 10.9 Å². The Morgan fingerprint density at radius 2 is 2.19 bits per heavy atom. The Labute approximate surface area is 142 Å². The van der Waals surface area contributed by atoms with Gasteiger partial charge in [-0.1, -0.05) is 27.5 Å². The Morgan fingerprint density at radius 1 is 1.43 bits per heavy atom. The lowest BCUT2D eigenvalue weighted by molar-refractivity contribution is 0.0955. The SMILES string of the molecule is O=C(NN=Cc1cc(Br)cc(Br)c1O)c1cccnc1Cl. The maximum atomic E-state index is 11.8. The van der Waals surface area contributed by atoms with Gasteiger partial charge in [-0.2, -0.15) is 5.10 Å². The van der Waals surface area contributed by atoms with Gasteiger partial charge in [0.05, 0.1) is 16.3 Å². The molecule has 0 bridgehead atoms. The monoisotopic (exact) mass is 431 g/mol. The van der Waals surface area contributed by atoms with E-state index >= 15 is 0 Å². The Balaban J connectivity index is 2.13. The molecule has 0 atom stereocenters. The summed E-state index contributed by atoms with van der Waals surface area (Å²) in [6.45, 7) is 0. The van der Waals surface area contributed by atoms with Gasteiger partial charge in [-0.05, 0) is 40.2 Å². The van der Waals surface area contributed by atoms with Crippen LogP contribution in [0.15, 0.2) is 44.5 Å². The molecule has 0 aliphatic rings. The fraction of sp³-hybridized carbons (Fsp3) is 0. The van der Waals surface area contributed by atoms with Gasteiger partial charge in [0.15, 0.2) is 0 Å². The van der Waals surface area contributed by atoms with E-state index in [1.54, 1.807) is 18.2 Å². The van der Waals surface area contributed by atoms with Crippen molar-refractivity contribution in [1.82, 2.24) is 10.4 Å². The van der Waals surface area contributed by atoms with Crippen LogP contribution in [-0.4, -0.2) is 22.2 Å². The van der Waals surface area contributed by atoms with Crippen molar-refractivity contribution in [3.05, 3.63) is 55.7 Å². The standard InChI is InChI=1S/C13H8Br2ClN3O2/c14-8-4-7(11(20)10(15)5-8)6-18-19-13(21)9-2-1-3-17-12(9)16/h1-6,20H,(H,19,21). The number of carbonyl (C=O) groups is 1. The van der Waals surface area contributed by atoms with Crippen molar-refractivity contribution in [2.75, 3.05) is 0 Å². The van der Waals surface area contributed by atoms with Crippen molar-refractivity contribution >= 4 is 55.6 Å². The van der Waals surface area contributed by atoms with E-state index in [2.05, 4.69) is 47.4 Å². The average molecular weight is 433 g/mol. The number of hydrogen-bond acceptors (Lipinski definition) is 4. The largest absolute Gasteiger partial charge is 0.506 e. The number of nitrogens with one attached hydrogen (secondary N) is 1. The lowest BCUT2D eigenvalue weighted by Gasteiger charge is -2.03. The summed E-state index contributed by atoms with van der Waals surface area (Å²) in [5.41, 5.74) is 2.98. The molecule has 2 N–H and O–H groups in total. The number of amides is 1. The Kier molecular flexibility index (Phi) is 5.33. The number of aromatic hydroxyl groups is 1. The van der Waals surface area contributed by atoms with Gasteiger partial charge in [-0.25, -0.2) is 10.4 Å². The zero-order chi connectivity index (χ0) is 15.4. The first-order chi connectivity index (χ1) is 9.99. The summed E-state index contributed by atoms with van der Waals surface area (Å²) < 4.78 is 1.27. The molecule has 21 heavy (non-hydrogen) atoms. The van der Waals surface area contributed by atoms with Gasteiger partial charge in [-0.15, -0.1) is 0 Å². The minimum Gasteiger partial charge on any atom is -0.506 e. The number of carbonyl (C=O) groups excluding carboxylic acids is 1. The van der Waals surface area contributed by atoms with E-state index in [0.29, 0.717) is 10.0 Å². The molecular formula is C13H8Br2ClN3O2. The molecule has 1 aromatic carbocycles. The number of aromatic nitrogens is 1. The highest BCUT2D eigenvalue weighted by atomic mass is 79.9. The molecule has 0 unspecified atom stereocenters. The molecule has 108 valence electrons. The highest BCUT2D eigenvalue weighted by Gasteiger charge is 2.10. The molecule has 2 aromatic rings. The van der Waals surface area contributed by atoms with Crippen LogP contribution in [0.25, 0.3) is 0 Å². The summed E-state index contributed by atoms with van der Waals surface area (Å²) in [4.78, 5) is 15.6. The van der Waals surface area contributed by atoms with E-state index in [9.17, 15) is 9.90 Å². The molecule has 0 saturated heterocycles. The number of nitrogens with zero attached hydrogens (tertiary/aromatic N) is 2. The highest BCUT2D eigenvalue weighted by Crippen LogP contribution is 2.30. The third-order valence-electron chi connectivity index (χ3n) is 2.43. The van der Waals surface area contributed by atoms with Crippen molar-refractivity contribution < 1.29 is 9.90 Å². The van der Waals surface area contributed by atoms with Crippen molar-refractivity contribution in [3.63, 3.8) is 0 Å². The molecule has 0 aliphatic heterocycles. The second kappa shape index (κ2) is 7.02. The molecule has 0 fully saturated rings. The van der Waals surface area contributed by atoms with Crippen LogP contribution in [-0.2, 0) is 0 Å². The molecular weight excluding hydrogens is 425 g/mol. The normalized spacial score (nSPS) is 10.8. The third-order valence-corrected chi connectivity index (χ3v) is 3.79. The maximum Gasteiger partial charge on any atom is 0.274 e. The highest BCUT2D eigenvalue weighted by molar-refractivity contribution is 9.11. The number of rotatable bonds is 3. The van der Waals surface area contributed by atoms with E-state index in [-0.39, 0.29) is 16.5 Å². The Hall–Kier alpha value is -1.44. The zero-order valence-corrected chi connectivity index (χ0v) is 14.3. The first kappa shape index (κ1) is 15.9. The number of phenolic OH excluding ortho intramolecular Hbond substituents is 1. The molecule has 0 saturated carbocycles. The van der Waals surface area contributed by atoms with E-state index in [4.69, 9.17) is 11.6 Å². The van der Waals surface area contributed by atoms with Crippen LogP contribution in [0, 0.1) is 0 Å². The summed E-state index contributed by atoms with van der Waals surface area (Å²) in [5, 5.41) is 13.7. The van der Waals surface area contributed by atoms with Crippen LogP contribution in [0.3, 0.4) is 0 Å². The first-order valence-corrected chi connectivity index (χ1v) is 7.57. The minimum atomic E-state index is -0.488. The molecule has 0 aliphatic carbocycles. The topological polar surface area (TPSA) is 74.6 Å². The second-order valence-corrected chi connectivity index (χ2v) is 5.99. The molecule has 0 radical (unpaired) electrons. The second-order valence-electron chi connectivity index (χ2n) is 3.87. The van der Waals surface area contributed by atoms with E-state index in [0.717, 1.165) is 4.47 Å². The zero-order valence-electron chi connectivity index (χ0n) is 10.3. The molecule has 1 aromatic heterocycles. The van der Waals surface area contributed by atoms with Crippen LogP contribution in [0.2, 0.25) is 5.15 Å². The predicted molar refractivity (Wildman–Crippen MR) is 87.8 cm³/mol. The first-order valence-electron chi connectivity index (χ1n) is 5.61. The molecule has 1 heterocycles. The van der Waals surface area contributed by atoms with Gasteiger partial charge in [-0.3, -0.25) is 4.79 Å². The quantitative estimate of drug-likeness (QED) is 0.440. The van der Waals surface area contributed by atoms with Crippen LogP contribution < -0.4 is 5.43 Å². The Morgan fingerprint density at radius 3 is 2.90 bits per heavy atom. The molecule has 5 nitrogen and oxygen atoms in total. The maximum absolute atomic E-state index is 11.8. The number of hydrogen-bond donors (Lipinski definition) is 2. The number of phenols is 1. The number of hydrazone groups is 1. The molecule has 8 heteroatoms. The molecule has 2 rings (SSSR count). The van der Waals surface area contributed by atoms with E-state index in [1.165, 1.54) is 18.5 Å². The van der Waals surface area contributed by atoms with Crippen molar-refractivity contribution in [2.24, 2.45) is 5.10 Å². The van der Waals surface area contributed by atoms with E-state index in [1.807, 2.05) is 0 Å². The van der Waals surface area contributed by atoms with Crippen LogP contribution in [0.1, 0.15) is 15.9 Å². The minimum absolute atomic E-state index is 0.0237. The number of benzene rings is 1. The van der Waals surface area contributed by atoms with Gasteiger partial charge >= 0.3 is 0 Å². The van der Waals surface area contributed by atoms with Gasteiger partial charge in [0.25, 0.3) is 5.91 Å². The number of pyridine rings is 1. The smallest absolute Gasteiger partial charge is 0.274 e. The number of halogens is 3. The van der Waals surface area contributed by atoms with Crippen LogP contribution >= 0.6 is 43.5 Å². The van der Waals surface area contributed by atoms with Crippen molar-refractivity contribution in [1.29, 1.82) is 0 Å². The van der Waals surface area contributed by atoms with Gasteiger partial charge in [0, 0.05) is 16.2 Å². The lowest BCUT2D eigenvalue weighted by atomic mass is 10.2. The summed E-state index contributed by atoms with van der Waals surface area (Å²) in [6, 6.07) is 6.49. The van der Waals surface area contributed by atoms with Crippen LogP contribution in [0.4, 0.5) is 0 Å². The summed E-state index contributed by atoms with van der Waals surface area (Å²) in [6.07, 6.45) is 2.81. The van der Waals surface area contributed by atoms with Crippen molar-refractivity contribution in [3.8, 4) is 5.75 Å². The summed E-state index contributed by atoms with van der Waals surface area (Å²) in [5.74, 6) is -0.464. The predicted octanol–water partition coefficient (Wildman–Crippen LogP) is 3.73. The molecule has 1 amide bonds. The Bertz CT molecular complexity index is 723.